The van der Waals surface area contributed by atoms with E-state index >= 15 is 0 Å². The number of benzene rings is 2. The van der Waals surface area contributed by atoms with Crippen LogP contribution in [0.3, 0.4) is 0 Å². The highest BCUT2D eigenvalue weighted by molar-refractivity contribution is 7.81. The molecule has 29 heavy (non-hydrogen) atoms. The summed E-state index contributed by atoms with van der Waals surface area (Å²) in [5.74, 6) is -0.259. The monoisotopic (exact) mass is 409 g/mol. The number of carbonyl (C=O) groups excluding carboxylic acids is 1. The van der Waals surface area contributed by atoms with Gasteiger partial charge in [0.05, 0.1) is 11.4 Å². The molecule has 7 heteroatoms. The molecule has 0 fully saturated rings. The van der Waals surface area contributed by atoms with Gasteiger partial charge in [0, 0.05) is 24.5 Å². The molecular formula is C22H23N3O3S. The van der Waals surface area contributed by atoms with Gasteiger partial charge in [0.25, 0.3) is 17.2 Å². The molecule has 0 aliphatic heterocycles. The first kappa shape index (κ1) is 20.7. The molecule has 0 radical (unpaired) electrons. The fourth-order valence-corrected chi connectivity index (χ4v) is 3.61. The summed E-state index contributed by atoms with van der Waals surface area (Å²) in [5.41, 5.74) is 4.35. The summed E-state index contributed by atoms with van der Waals surface area (Å²) in [7, 11) is 0. The Morgan fingerprint density at radius 1 is 1.17 bits per heavy atom. The van der Waals surface area contributed by atoms with Crippen molar-refractivity contribution in [1.82, 2.24) is 10.3 Å². The molecule has 150 valence electrons. The lowest BCUT2D eigenvalue weighted by molar-refractivity contribution is 0.0951. The molecule has 6 nitrogen and oxygen atoms in total. The second-order valence-electron chi connectivity index (χ2n) is 6.60. The number of rotatable bonds is 7. The summed E-state index contributed by atoms with van der Waals surface area (Å²) < 4.78 is 23.5. The third kappa shape index (κ3) is 5.07. The largest absolute Gasteiger partial charge is 0.348 e. The maximum Gasteiger partial charge on any atom is 0.266 e. The maximum absolute atomic E-state index is 12.7. The maximum atomic E-state index is 12.7. The molecule has 3 aromatic rings. The molecule has 3 rings (SSSR count). The molecule has 1 aromatic heterocycles. The first-order valence-electron chi connectivity index (χ1n) is 9.27. The van der Waals surface area contributed by atoms with Gasteiger partial charge >= 0.3 is 0 Å². The van der Waals surface area contributed by atoms with E-state index in [4.69, 9.17) is 0 Å². The van der Waals surface area contributed by atoms with Gasteiger partial charge in [-0.25, -0.2) is 8.51 Å². The molecule has 1 amide bonds. The summed E-state index contributed by atoms with van der Waals surface area (Å²) in [4.78, 5) is 16.7. The van der Waals surface area contributed by atoms with Crippen LogP contribution in [0, 0.1) is 6.92 Å². The van der Waals surface area contributed by atoms with E-state index in [-0.39, 0.29) is 5.91 Å². The van der Waals surface area contributed by atoms with Crippen molar-refractivity contribution in [3.63, 3.8) is 0 Å². The zero-order valence-electron chi connectivity index (χ0n) is 16.3. The number of nitrogens with zero attached hydrogens (tertiary/aromatic N) is 2. The molecule has 2 aromatic carbocycles. The number of amides is 1. The minimum Gasteiger partial charge on any atom is -0.348 e. The van der Waals surface area contributed by atoms with E-state index < -0.39 is 11.3 Å². The zero-order valence-corrected chi connectivity index (χ0v) is 17.1. The summed E-state index contributed by atoms with van der Waals surface area (Å²) in [6, 6.07) is 16.2. The number of aryl methyl sites for hydroxylation is 2. The number of hydrogen-bond donors (Lipinski definition) is 2. The quantitative estimate of drug-likeness (QED) is 0.574. The number of pyridine rings is 1. The second kappa shape index (κ2) is 9.45. The molecule has 0 aliphatic carbocycles. The summed E-state index contributed by atoms with van der Waals surface area (Å²) in [6.45, 7) is 4.27. The van der Waals surface area contributed by atoms with Crippen molar-refractivity contribution in [1.29, 1.82) is 0 Å². The molecule has 0 saturated carbocycles. The van der Waals surface area contributed by atoms with E-state index in [1.54, 1.807) is 36.7 Å². The summed E-state index contributed by atoms with van der Waals surface area (Å²) >= 11 is -2.29. The molecule has 0 spiro atoms. The van der Waals surface area contributed by atoms with Crippen LogP contribution >= 0.6 is 0 Å². The highest BCUT2D eigenvalue weighted by Gasteiger charge is 2.20. The molecule has 0 aliphatic rings. The standard InChI is InChI=1S/C22H23N3O3S/c1-3-18-8-9-19(22(26)24-15-17-5-4-12-23-14-17)13-21(18)25(29(27)28)20-10-6-16(2)7-11-20/h4-14H,3,15H2,1-2H3,(H,24,26)(H,27,28). The molecule has 1 heterocycles. The average Bonchev–Trinajstić information content (AvgIpc) is 2.74. The van der Waals surface area contributed by atoms with Gasteiger partial charge in [-0.05, 0) is 54.8 Å². The van der Waals surface area contributed by atoms with Crippen LogP contribution in [0.5, 0.6) is 0 Å². The number of anilines is 2. The van der Waals surface area contributed by atoms with Crippen LogP contribution < -0.4 is 9.62 Å². The van der Waals surface area contributed by atoms with E-state index in [0.29, 0.717) is 29.9 Å². The van der Waals surface area contributed by atoms with E-state index in [1.807, 2.05) is 44.2 Å². The SMILES string of the molecule is CCc1ccc(C(=O)NCc2cccnc2)cc1N(c1ccc(C)cc1)S(=O)O. The Balaban J connectivity index is 1.91. The Kier molecular flexibility index (Phi) is 6.74. The fourth-order valence-electron chi connectivity index (χ4n) is 2.97. The van der Waals surface area contributed by atoms with Crippen molar-refractivity contribution in [2.75, 3.05) is 4.31 Å². The van der Waals surface area contributed by atoms with Gasteiger partial charge in [0.2, 0.25) is 0 Å². The van der Waals surface area contributed by atoms with Gasteiger partial charge in [-0.15, -0.1) is 0 Å². The predicted octanol–water partition coefficient (Wildman–Crippen LogP) is 4.16. The normalized spacial score (nSPS) is 11.7. The molecule has 0 bridgehead atoms. The Hall–Kier alpha value is -3.03. The Morgan fingerprint density at radius 2 is 1.93 bits per heavy atom. The highest BCUT2D eigenvalue weighted by Crippen LogP contribution is 2.31. The first-order valence-corrected chi connectivity index (χ1v) is 10.3. The number of hydrogen-bond acceptors (Lipinski definition) is 3. The van der Waals surface area contributed by atoms with Crippen molar-refractivity contribution < 1.29 is 13.6 Å². The van der Waals surface area contributed by atoms with Crippen molar-refractivity contribution >= 4 is 28.5 Å². The first-order chi connectivity index (χ1) is 14.0. The second-order valence-corrected chi connectivity index (χ2v) is 7.43. The summed E-state index contributed by atoms with van der Waals surface area (Å²) in [5, 5.41) is 2.86. The average molecular weight is 410 g/mol. The number of nitrogens with one attached hydrogen (secondary N) is 1. The van der Waals surface area contributed by atoms with Crippen molar-refractivity contribution in [2.24, 2.45) is 0 Å². The lowest BCUT2D eigenvalue weighted by Crippen LogP contribution is -2.24. The summed E-state index contributed by atoms with van der Waals surface area (Å²) in [6.07, 6.45) is 4.03. The van der Waals surface area contributed by atoms with Crippen LogP contribution in [0.25, 0.3) is 0 Å². The number of aromatic nitrogens is 1. The van der Waals surface area contributed by atoms with Gasteiger partial charge in [-0.2, -0.15) is 0 Å². The third-order valence-corrected chi connectivity index (χ3v) is 5.27. The fraction of sp³-hybridized carbons (Fsp3) is 0.182. The van der Waals surface area contributed by atoms with Crippen molar-refractivity contribution in [2.45, 2.75) is 26.8 Å². The van der Waals surface area contributed by atoms with Crippen LogP contribution in [-0.2, 0) is 24.2 Å². The van der Waals surface area contributed by atoms with Crippen molar-refractivity contribution in [3.05, 3.63) is 89.2 Å². The van der Waals surface area contributed by atoms with Crippen LogP contribution in [0.4, 0.5) is 11.4 Å². The van der Waals surface area contributed by atoms with Crippen LogP contribution in [0.2, 0.25) is 0 Å². The lowest BCUT2D eigenvalue weighted by atomic mass is 10.1. The van der Waals surface area contributed by atoms with E-state index in [0.717, 1.165) is 16.7 Å². The van der Waals surface area contributed by atoms with Crippen LogP contribution in [0.1, 0.15) is 34.0 Å². The molecule has 0 saturated heterocycles. The zero-order chi connectivity index (χ0) is 20.8. The lowest BCUT2D eigenvalue weighted by Gasteiger charge is -2.23. The Morgan fingerprint density at radius 3 is 2.55 bits per heavy atom. The van der Waals surface area contributed by atoms with E-state index in [2.05, 4.69) is 10.3 Å². The molecule has 2 N–H and O–H groups in total. The van der Waals surface area contributed by atoms with E-state index in [9.17, 15) is 13.6 Å². The van der Waals surface area contributed by atoms with Gasteiger partial charge < -0.3 is 5.32 Å². The van der Waals surface area contributed by atoms with Crippen LogP contribution in [-0.4, -0.2) is 19.7 Å². The topological polar surface area (TPSA) is 82.5 Å². The third-order valence-electron chi connectivity index (χ3n) is 4.55. The van der Waals surface area contributed by atoms with Gasteiger partial charge in [-0.1, -0.05) is 36.8 Å². The van der Waals surface area contributed by atoms with Gasteiger partial charge in [0.1, 0.15) is 0 Å². The minimum atomic E-state index is -2.29. The predicted molar refractivity (Wildman–Crippen MR) is 115 cm³/mol. The minimum absolute atomic E-state index is 0.259. The van der Waals surface area contributed by atoms with E-state index in [1.165, 1.54) is 4.31 Å². The number of carbonyl (C=O) groups is 1. The molecular weight excluding hydrogens is 386 g/mol. The highest BCUT2D eigenvalue weighted by atomic mass is 32.2. The van der Waals surface area contributed by atoms with Gasteiger partial charge in [0.15, 0.2) is 0 Å². The molecule has 1 atom stereocenters. The smallest absolute Gasteiger partial charge is 0.266 e. The van der Waals surface area contributed by atoms with Crippen LogP contribution in [0.15, 0.2) is 67.0 Å². The Labute approximate surface area is 173 Å². The van der Waals surface area contributed by atoms with Gasteiger partial charge in [-0.3, -0.25) is 14.3 Å². The van der Waals surface area contributed by atoms with Crippen molar-refractivity contribution in [3.8, 4) is 0 Å². The Bertz CT molecular complexity index is 1010. The molecule has 1 unspecified atom stereocenters.